The van der Waals surface area contributed by atoms with Gasteiger partial charge in [0, 0.05) is 37.1 Å². The zero-order valence-electron chi connectivity index (χ0n) is 14.9. The Balaban J connectivity index is 1.66. The van der Waals surface area contributed by atoms with Gasteiger partial charge in [-0.3, -0.25) is 4.79 Å². The van der Waals surface area contributed by atoms with Gasteiger partial charge < -0.3 is 14.9 Å². The summed E-state index contributed by atoms with van der Waals surface area (Å²) in [5, 5.41) is 13.1. The summed E-state index contributed by atoms with van der Waals surface area (Å²) < 4.78 is 1.89. The molecule has 0 saturated carbocycles. The van der Waals surface area contributed by atoms with Crippen molar-refractivity contribution in [1.82, 2.24) is 19.9 Å². The van der Waals surface area contributed by atoms with Crippen LogP contribution < -0.4 is 10.9 Å². The zero-order valence-corrected chi connectivity index (χ0v) is 15.7. The number of nitrogens with zero attached hydrogens (tertiary/aromatic N) is 3. The Morgan fingerprint density at radius 3 is 2.84 bits per heavy atom. The fourth-order valence-electron chi connectivity index (χ4n) is 2.90. The number of aromatic nitrogens is 3. The summed E-state index contributed by atoms with van der Waals surface area (Å²) in [4.78, 5) is 21.7. The predicted molar refractivity (Wildman–Crippen MR) is 100.0 cm³/mol. The molecule has 3 aromatic heterocycles. The van der Waals surface area contributed by atoms with Crippen LogP contribution in [0, 0.1) is 32.1 Å². The minimum Gasteiger partial charge on any atom is -0.340 e. The Hall–Kier alpha value is -2.43. The topological polar surface area (TPSA) is 86.5 Å². The van der Waals surface area contributed by atoms with Crippen LogP contribution in [-0.4, -0.2) is 21.1 Å². The first-order valence-corrected chi connectivity index (χ1v) is 8.99. The molecule has 0 amide bonds. The number of fused-ring (bicyclic) bond motifs is 1. The van der Waals surface area contributed by atoms with Crippen LogP contribution in [0.4, 0.5) is 0 Å². The Labute approximate surface area is 150 Å². The standard InChI is InChI=1S/C18H21N5OS/c1-10-12(3)25-18-16(10)17(24)21-15(22-18)5-6-20-9-13-7-14(8-19)23(4)11(13)2/h7,20H,5-6,9H2,1-4H3,(H,21,22,24). The maximum Gasteiger partial charge on any atom is 0.259 e. The molecular formula is C18H21N5OS. The number of hydrogen-bond acceptors (Lipinski definition) is 5. The summed E-state index contributed by atoms with van der Waals surface area (Å²) in [5.74, 6) is 0.703. The second-order valence-electron chi connectivity index (χ2n) is 6.21. The minimum absolute atomic E-state index is 0.0561. The average molecular weight is 355 g/mol. The number of nitrogens with one attached hydrogen (secondary N) is 2. The van der Waals surface area contributed by atoms with E-state index >= 15 is 0 Å². The van der Waals surface area contributed by atoms with Crippen molar-refractivity contribution in [3.63, 3.8) is 0 Å². The Kier molecular flexibility index (Phi) is 4.75. The molecule has 0 aliphatic rings. The second-order valence-corrected chi connectivity index (χ2v) is 7.42. The highest BCUT2D eigenvalue weighted by molar-refractivity contribution is 7.18. The smallest absolute Gasteiger partial charge is 0.259 e. The van der Waals surface area contributed by atoms with Crippen LogP contribution >= 0.6 is 11.3 Å². The molecule has 7 heteroatoms. The number of nitriles is 1. The molecule has 130 valence electrons. The van der Waals surface area contributed by atoms with Gasteiger partial charge in [-0.1, -0.05) is 0 Å². The molecule has 0 fully saturated rings. The van der Waals surface area contributed by atoms with Crippen molar-refractivity contribution >= 4 is 21.6 Å². The van der Waals surface area contributed by atoms with Crippen LogP contribution in [0.2, 0.25) is 0 Å². The van der Waals surface area contributed by atoms with Crippen molar-refractivity contribution in [2.75, 3.05) is 6.54 Å². The number of thiophene rings is 1. The van der Waals surface area contributed by atoms with Gasteiger partial charge in [-0.25, -0.2) is 4.98 Å². The second kappa shape index (κ2) is 6.82. The number of H-pyrrole nitrogens is 1. The molecule has 0 bridgehead atoms. The largest absolute Gasteiger partial charge is 0.340 e. The SMILES string of the molecule is Cc1sc2nc(CCNCc3cc(C#N)n(C)c3C)[nH]c(=O)c2c1C. The van der Waals surface area contributed by atoms with Gasteiger partial charge in [-0.15, -0.1) is 11.3 Å². The van der Waals surface area contributed by atoms with E-state index in [1.807, 2.05) is 38.5 Å². The summed E-state index contributed by atoms with van der Waals surface area (Å²) in [6.07, 6.45) is 0.651. The van der Waals surface area contributed by atoms with Crippen LogP contribution in [0.3, 0.4) is 0 Å². The van der Waals surface area contributed by atoms with Gasteiger partial charge in [0.1, 0.15) is 22.4 Å². The Morgan fingerprint density at radius 1 is 1.40 bits per heavy atom. The lowest BCUT2D eigenvalue weighted by Gasteiger charge is -2.05. The fourth-order valence-corrected chi connectivity index (χ4v) is 3.94. The molecule has 3 aromatic rings. The summed E-state index contributed by atoms with van der Waals surface area (Å²) in [6.45, 7) is 7.37. The third-order valence-corrected chi connectivity index (χ3v) is 5.80. The van der Waals surface area contributed by atoms with Crippen LogP contribution in [0.15, 0.2) is 10.9 Å². The first-order chi connectivity index (χ1) is 11.9. The minimum atomic E-state index is -0.0561. The van der Waals surface area contributed by atoms with Crippen molar-refractivity contribution in [3.05, 3.63) is 49.6 Å². The molecule has 0 spiro atoms. The monoisotopic (exact) mass is 355 g/mol. The molecule has 0 aliphatic heterocycles. The first-order valence-electron chi connectivity index (χ1n) is 8.17. The van der Waals surface area contributed by atoms with Crippen LogP contribution in [0.1, 0.15) is 33.2 Å². The van der Waals surface area contributed by atoms with Gasteiger partial charge in [0.25, 0.3) is 5.56 Å². The van der Waals surface area contributed by atoms with E-state index in [1.165, 1.54) is 0 Å². The molecule has 3 heterocycles. The number of rotatable bonds is 5. The van der Waals surface area contributed by atoms with Gasteiger partial charge >= 0.3 is 0 Å². The van der Waals surface area contributed by atoms with E-state index in [9.17, 15) is 4.79 Å². The lowest BCUT2D eigenvalue weighted by Crippen LogP contribution is -2.20. The van der Waals surface area contributed by atoms with E-state index in [0.717, 1.165) is 26.5 Å². The van der Waals surface area contributed by atoms with Crippen LogP contribution in [-0.2, 0) is 20.0 Å². The van der Waals surface area contributed by atoms with E-state index in [-0.39, 0.29) is 5.56 Å². The van der Waals surface area contributed by atoms with Crippen LogP contribution in [0.5, 0.6) is 0 Å². The predicted octanol–water partition coefficient (Wildman–Crippen LogP) is 2.45. The highest BCUT2D eigenvalue weighted by atomic mass is 32.1. The van der Waals surface area contributed by atoms with Gasteiger partial charge in [0.2, 0.25) is 0 Å². The Morgan fingerprint density at radius 2 is 2.16 bits per heavy atom. The van der Waals surface area contributed by atoms with Gasteiger partial charge in [-0.05, 0) is 38.0 Å². The molecule has 0 radical (unpaired) electrons. The molecule has 25 heavy (non-hydrogen) atoms. The molecule has 3 rings (SSSR count). The third kappa shape index (κ3) is 3.23. The normalized spacial score (nSPS) is 11.2. The zero-order chi connectivity index (χ0) is 18.1. The fraction of sp³-hybridized carbons (Fsp3) is 0.389. The summed E-state index contributed by atoms with van der Waals surface area (Å²) in [5.41, 5.74) is 3.82. The maximum absolute atomic E-state index is 12.3. The molecule has 0 aliphatic carbocycles. The quantitative estimate of drug-likeness (QED) is 0.688. The maximum atomic E-state index is 12.3. The number of aromatic amines is 1. The molecule has 2 N–H and O–H groups in total. The number of aryl methyl sites for hydroxylation is 2. The average Bonchev–Trinajstić information content (AvgIpc) is 3.02. The molecule has 0 saturated heterocycles. The van der Waals surface area contributed by atoms with E-state index in [2.05, 4.69) is 21.4 Å². The van der Waals surface area contributed by atoms with Gasteiger partial charge in [0.05, 0.1) is 5.39 Å². The van der Waals surface area contributed by atoms with E-state index in [1.54, 1.807) is 11.3 Å². The molecule has 0 unspecified atom stereocenters. The molecular weight excluding hydrogens is 334 g/mol. The first kappa shape index (κ1) is 17.4. The van der Waals surface area contributed by atoms with Gasteiger partial charge in [0.15, 0.2) is 0 Å². The highest BCUT2D eigenvalue weighted by Gasteiger charge is 2.12. The van der Waals surface area contributed by atoms with E-state index in [0.29, 0.717) is 36.4 Å². The lowest BCUT2D eigenvalue weighted by atomic mass is 10.2. The molecule has 0 atom stereocenters. The van der Waals surface area contributed by atoms with Crippen molar-refractivity contribution in [2.45, 2.75) is 33.7 Å². The lowest BCUT2D eigenvalue weighted by molar-refractivity contribution is 0.667. The van der Waals surface area contributed by atoms with Crippen molar-refractivity contribution in [3.8, 4) is 6.07 Å². The van der Waals surface area contributed by atoms with Crippen molar-refractivity contribution in [2.24, 2.45) is 7.05 Å². The third-order valence-electron chi connectivity index (χ3n) is 4.70. The van der Waals surface area contributed by atoms with E-state index in [4.69, 9.17) is 5.26 Å². The number of hydrogen-bond donors (Lipinski definition) is 2. The van der Waals surface area contributed by atoms with Gasteiger partial charge in [-0.2, -0.15) is 5.26 Å². The van der Waals surface area contributed by atoms with Crippen molar-refractivity contribution < 1.29 is 0 Å². The molecule has 6 nitrogen and oxygen atoms in total. The summed E-state index contributed by atoms with van der Waals surface area (Å²) in [7, 11) is 1.90. The van der Waals surface area contributed by atoms with E-state index < -0.39 is 0 Å². The Bertz CT molecular complexity index is 1030. The summed E-state index contributed by atoms with van der Waals surface area (Å²) >= 11 is 1.57. The highest BCUT2D eigenvalue weighted by Crippen LogP contribution is 2.25. The van der Waals surface area contributed by atoms with Crippen LogP contribution in [0.25, 0.3) is 10.2 Å². The molecule has 0 aromatic carbocycles. The van der Waals surface area contributed by atoms with Crippen molar-refractivity contribution in [1.29, 1.82) is 5.26 Å². The summed E-state index contributed by atoms with van der Waals surface area (Å²) in [6, 6.07) is 4.10.